The summed E-state index contributed by atoms with van der Waals surface area (Å²) in [6.07, 6.45) is 2.20. The highest BCUT2D eigenvalue weighted by molar-refractivity contribution is 6.35. The van der Waals surface area contributed by atoms with Crippen molar-refractivity contribution in [3.63, 3.8) is 0 Å². The van der Waals surface area contributed by atoms with Crippen molar-refractivity contribution in [1.29, 1.82) is 0 Å². The van der Waals surface area contributed by atoms with Crippen LogP contribution < -0.4 is 5.32 Å². The van der Waals surface area contributed by atoms with E-state index >= 15 is 0 Å². The van der Waals surface area contributed by atoms with E-state index in [0.29, 0.717) is 0 Å². The predicted octanol–water partition coefficient (Wildman–Crippen LogP) is 2.97. The Kier molecular flexibility index (Phi) is 3.29. The third-order valence-electron chi connectivity index (χ3n) is 2.53. The molecule has 0 fully saturated rings. The summed E-state index contributed by atoms with van der Waals surface area (Å²) in [6.45, 7) is 1.04. The van der Waals surface area contributed by atoms with Gasteiger partial charge in [0, 0.05) is 11.1 Å². The fraction of sp³-hybridized carbons (Fsp3) is 0.333. The zero-order valence-electron chi connectivity index (χ0n) is 8.81. The molecule has 0 aliphatic rings. The first kappa shape index (κ1) is 10.5. The Hall–Kier alpha value is -0.990. The summed E-state index contributed by atoms with van der Waals surface area (Å²) in [6, 6.07) is 8.16. The maximum Gasteiger partial charge on any atom is 0.0647 e. The molecule has 0 atom stereocenters. The van der Waals surface area contributed by atoms with Gasteiger partial charge in [-0.25, -0.2) is 0 Å². The van der Waals surface area contributed by atoms with Gasteiger partial charge in [-0.15, -0.1) is 0 Å². The molecule has 2 N–H and O–H groups in total. The number of hydrogen-bond acceptors (Lipinski definition) is 1. The smallest absolute Gasteiger partial charge is 0.0647 e. The Morgan fingerprint density at radius 2 is 2.27 bits per heavy atom. The molecule has 2 nitrogen and oxygen atoms in total. The number of aromatic amines is 1. The number of aromatic nitrogens is 1. The van der Waals surface area contributed by atoms with E-state index in [9.17, 15) is 0 Å². The molecule has 2 rings (SSSR count). The fourth-order valence-corrected chi connectivity index (χ4v) is 2.00. The van der Waals surface area contributed by atoms with Crippen molar-refractivity contribution in [2.45, 2.75) is 12.8 Å². The van der Waals surface area contributed by atoms with E-state index in [4.69, 9.17) is 11.6 Å². The van der Waals surface area contributed by atoms with Gasteiger partial charge in [0.1, 0.15) is 0 Å². The lowest BCUT2D eigenvalue weighted by molar-refractivity contribution is 0.718. The highest BCUT2D eigenvalue weighted by Crippen LogP contribution is 2.23. The average Bonchev–Trinajstić information content (AvgIpc) is 2.63. The first-order chi connectivity index (χ1) is 7.31. The Bertz CT molecular complexity index is 448. The number of hydrogen-bond donors (Lipinski definition) is 2. The van der Waals surface area contributed by atoms with Crippen molar-refractivity contribution in [1.82, 2.24) is 10.3 Å². The third-order valence-corrected chi connectivity index (χ3v) is 2.85. The van der Waals surface area contributed by atoms with E-state index < -0.39 is 0 Å². The number of fused-ring (bicyclic) bond motifs is 1. The quantitative estimate of drug-likeness (QED) is 0.765. The number of rotatable bonds is 4. The molecule has 15 heavy (non-hydrogen) atoms. The second-order valence-electron chi connectivity index (χ2n) is 3.71. The van der Waals surface area contributed by atoms with Crippen LogP contribution in [0.3, 0.4) is 0 Å². The molecule has 1 aromatic carbocycles. The van der Waals surface area contributed by atoms with Gasteiger partial charge in [0.2, 0.25) is 0 Å². The standard InChI is InChI=1S/C12H15ClN2/c1-14-7-3-5-10-8-9-4-2-6-11(13)12(9)15-10/h2,4,6,8,14-15H,3,5,7H2,1H3. The number of para-hydroxylation sites is 1. The van der Waals surface area contributed by atoms with Crippen LogP contribution in [0.2, 0.25) is 5.02 Å². The minimum absolute atomic E-state index is 0.798. The maximum atomic E-state index is 6.09. The molecular formula is C12H15ClN2. The Morgan fingerprint density at radius 1 is 1.40 bits per heavy atom. The van der Waals surface area contributed by atoms with Crippen LogP contribution in [0.15, 0.2) is 24.3 Å². The first-order valence-corrected chi connectivity index (χ1v) is 5.60. The third kappa shape index (κ3) is 2.33. The van der Waals surface area contributed by atoms with Crippen LogP contribution in [0, 0.1) is 0 Å². The molecule has 1 heterocycles. The molecule has 0 unspecified atom stereocenters. The van der Waals surface area contributed by atoms with Crippen molar-refractivity contribution in [2.75, 3.05) is 13.6 Å². The van der Waals surface area contributed by atoms with E-state index in [1.54, 1.807) is 0 Å². The first-order valence-electron chi connectivity index (χ1n) is 5.22. The van der Waals surface area contributed by atoms with Crippen molar-refractivity contribution in [2.24, 2.45) is 0 Å². The van der Waals surface area contributed by atoms with Crippen LogP contribution in [0.5, 0.6) is 0 Å². The van der Waals surface area contributed by atoms with Gasteiger partial charge in [0.05, 0.1) is 10.5 Å². The van der Waals surface area contributed by atoms with Gasteiger partial charge in [-0.2, -0.15) is 0 Å². The average molecular weight is 223 g/mol. The molecular weight excluding hydrogens is 208 g/mol. The zero-order chi connectivity index (χ0) is 10.7. The van der Waals surface area contributed by atoms with Crippen LogP contribution in [-0.4, -0.2) is 18.6 Å². The summed E-state index contributed by atoms with van der Waals surface area (Å²) in [7, 11) is 1.97. The van der Waals surface area contributed by atoms with Gasteiger partial charge in [0.25, 0.3) is 0 Å². The molecule has 0 saturated heterocycles. The number of nitrogens with one attached hydrogen (secondary N) is 2. The van der Waals surface area contributed by atoms with Crippen LogP contribution in [0.1, 0.15) is 12.1 Å². The molecule has 0 radical (unpaired) electrons. The van der Waals surface area contributed by atoms with Crippen molar-refractivity contribution in [3.8, 4) is 0 Å². The van der Waals surface area contributed by atoms with Crippen molar-refractivity contribution < 1.29 is 0 Å². The minimum atomic E-state index is 0.798. The number of benzene rings is 1. The van der Waals surface area contributed by atoms with Gasteiger partial charge < -0.3 is 10.3 Å². The van der Waals surface area contributed by atoms with Crippen molar-refractivity contribution >= 4 is 22.5 Å². The summed E-state index contributed by atoms with van der Waals surface area (Å²) in [5.41, 5.74) is 2.31. The normalized spacial score (nSPS) is 11.1. The second-order valence-corrected chi connectivity index (χ2v) is 4.11. The van der Waals surface area contributed by atoms with Crippen molar-refractivity contribution in [3.05, 3.63) is 35.0 Å². The molecule has 0 spiro atoms. The topological polar surface area (TPSA) is 27.8 Å². The SMILES string of the molecule is CNCCCc1cc2cccc(Cl)c2[nH]1. The van der Waals surface area contributed by atoms with Gasteiger partial charge in [-0.1, -0.05) is 23.7 Å². The molecule has 0 amide bonds. The van der Waals surface area contributed by atoms with Gasteiger partial charge in [0.15, 0.2) is 0 Å². The lowest BCUT2D eigenvalue weighted by atomic mass is 10.2. The molecule has 0 aliphatic carbocycles. The number of aryl methyl sites for hydroxylation is 1. The Morgan fingerprint density at radius 3 is 3.00 bits per heavy atom. The molecule has 0 aliphatic heterocycles. The van der Waals surface area contributed by atoms with E-state index in [1.165, 1.54) is 11.1 Å². The molecule has 3 heteroatoms. The van der Waals surface area contributed by atoms with E-state index in [-0.39, 0.29) is 0 Å². The Balaban J connectivity index is 2.20. The molecule has 0 saturated carbocycles. The highest BCUT2D eigenvalue weighted by atomic mass is 35.5. The van der Waals surface area contributed by atoms with Crippen LogP contribution in [0.4, 0.5) is 0 Å². The lowest BCUT2D eigenvalue weighted by Gasteiger charge is -1.96. The van der Waals surface area contributed by atoms with Crippen LogP contribution in [0.25, 0.3) is 10.9 Å². The monoisotopic (exact) mass is 222 g/mol. The predicted molar refractivity (Wildman–Crippen MR) is 65.6 cm³/mol. The summed E-state index contributed by atoms with van der Waals surface area (Å²) >= 11 is 6.09. The minimum Gasteiger partial charge on any atom is -0.357 e. The molecule has 2 aromatic rings. The highest BCUT2D eigenvalue weighted by Gasteiger charge is 2.03. The van der Waals surface area contributed by atoms with Crippen LogP contribution in [-0.2, 0) is 6.42 Å². The summed E-state index contributed by atoms with van der Waals surface area (Å²) in [5.74, 6) is 0. The Labute approximate surface area is 94.6 Å². The summed E-state index contributed by atoms with van der Waals surface area (Å²) in [4.78, 5) is 3.36. The summed E-state index contributed by atoms with van der Waals surface area (Å²) < 4.78 is 0. The largest absolute Gasteiger partial charge is 0.357 e. The van der Waals surface area contributed by atoms with E-state index in [1.807, 2.05) is 19.2 Å². The molecule has 1 aromatic heterocycles. The second kappa shape index (κ2) is 4.69. The summed E-state index contributed by atoms with van der Waals surface area (Å²) in [5, 5.41) is 5.14. The zero-order valence-corrected chi connectivity index (χ0v) is 9.56. The lowest BCUT2D eigenvalue weighted by Crippen LogP contribution is -2.08. The van der Waals surface area contributed by atoms with Crippen LogP contribution >= 0.6 is 11.6 Å². The number of H-pyrrole nitrogens is 1. The van der Waals surface area contributed by atoms with Gasteiger partial charge in [-0.05, 0) is 38.6 Å². The molecule has 0 bridgehead atoms. The van der Waals surface area contributed by atoms with Gasteiger partial charge >= 0.3 is 0 Å². The van der Waals surface area contributed by atoms with E-state index in [0.717, 1.165) is 29.9 Å². The van der Waals surface area contributed by atoms with Gasteiger partial charge in [-0.3, -0.25) is 0 Å². The van der Waals surface area contributed by atoms with E-state index in [2.05, 4.69) is 22.4 Å². The fourth-order valence-electron chi connectivity index (χ4n) is 1.77. The molecule has 80 valence electrons. The maximum absolute atomic E-state index is 6.09. The number of halogens is 1.